The number of nitrogens with zero attached hydrogens (tertiary/aromatic N) is 1. The van der Waals surface area contributed by atoms with Crippen molar-refractivity contribution in [3.8, 4) is 0 Å². The number of amides is 2. The Bertz CT molecular complexity index is 585. The lowest BCUT2D eigenvalue weighted by Crippen LogP contribution is -2.32. The first-order valence-electron chi connectivity index (χ1n) is 5.25. The summed E-state index contributed by atoms with van der Waals surface area (Å²) in [6.45, 7) is -0.0642. The number of para-hydroxylation sites is 2. The molecule has 0 aliphatic carbocycles. The summed E-state index contributed by atoms with van der Waals surface area (Å²) in [6, 6.07) is 4.96. The molecule has 0 unspecified atom stereocenters. The molecule has 8 nitrogen and oxygen atoms in total. The van der Waals surface area contributed by atoms with Crippen molar-refractivity contribution < 1.29 is 18.1 Å². The van der Waals surface area contributed by atoms with Crippen molar-refractivity contribution in [2.75, 3.05) is 23.9 Å². The van der Waals surface area contributed by atoms with E-state index in [-0.39, 0.29) is 23.7 Å². The Morgan fingerprint density at radius 2 is 2.00 bits per heavy atom. The number of nitro benzene ring substituents is 1. The van der Waals surface area contributed by atoms with Gasteiger partial charge in [-0.05, 0) is 6.07 Å². The van der Waals surface area contributed by atoms with E-state index < -0.39 is 20.8 Å². The van der Waals surface area contributed by atoms with Crippen LogP contribution in [0.2, 0.25) is 0 Å². The van der Waals surface area contributed by atoms with E-state index in [0.717, 1.165) is 6.26 Å². The van der Waals surface area contributed by atoms with Crippen LogP contribution in [0.4, 0.5) is 16.2 Å². The van der Waals surface area contributed by atoms with Gasteiger partial charge >= 0.3 is 6.03 Å². The van der Waals surface area contributed by atoms with Crippen molar-refractivity contribution in [1.82, 2.24) is 5.32 Å². The summed E-state index contributed by atoms with van der Waals surface area (Å²) >= 11 is 0. The molecule has 0 bridgehead atoms. The Balaban J connectivity index is 2.60. The van der Waals surface area contributed by atoms with Crippen LogP contribution in [0.15, 0.2) is 24.3 Å². The number of benzene rings is 1. The van der Waals surface area contributed by atoms with Gasteiger partial charge in [-0.15, -0.1) is 0 Å². The van der Waals surface area contributed by atoms with Crippen LogP contribution in [0.1, 0.15) is 0 Å². The molecule has 0 aliphatic heterocycles. The van der Waals surface area contributed by atoms with Crippen LogP contribution in [0.3, 0.4) is 0 Å². The number of hydrogen-bond donors (Lipinski definition) is 2. The van der Waals surface area contributed by atoms with Crippen molar-refractivity contribution in [2.24, 2.45) is 0 Å². The summed E-state index contributed by atoms with van der Waals surface area (Å²) in [5.74, 6) is -0.197. The average Bonchev–Trinajstić information content (AvgIpc) is 2.27. The molecule has 0 spiro atoms. The average molecular weight is 287 g/mol. The Hall–Kier alpha value is -2.16. The number of hydrogen-bond acceptors (Lipinski definition) is 5. The lowest BCUT2D eigenvalue weighted by Gasteiger charge is -2.07. The third-order valence-electron chi connectivity index (χ3n) is 2.11. The Labute approximate surface area is 109 Å². The van der Waals surface area contributed by atoms with Gasteiger partial charge in [0.1, 0.15) is 15.5 Å². The highest BCUT2D eigenvalue weighted by atomic mass is 32.2. The summed E-state index contributed by atoms with van der Waals surface area (Å²) in [7, 11) is -3.16. The third kappa shape index (κ3) is 5.34. The second-order valence-electron chi connectivity index (χ2n) is 3.79. The minimum Gasteiger partial charge on any atom is -0.337 e. The molecule has 0 atom stereocenters. The zero-order chi connectivity index (χ0) is 14.5. The van der Waals surface area contributed by atoms with Gasteiger partial charge in [-0.2, -0.15) is 0 Å². The molecular weight excluding hydrogens is 274 g/mol. The lowest BCUT2D eigenvalue weighted by molar-refractivity contribution is -0.383. The molecule has 0 aromatic heterocycles. The molecule has 0 aliphatic rings. The fourth-order valence-corrected chi connectivity index (χ4v) is 1.73. The van der Waals surface area contributed by atoms with Crippen LogP contribution in [0, 0.1) is 10.1 Å². The zero-order valence-electron chi connectivity index (χ0n) is 10.1. The Morgan fingerprint density at radius 3 is 2.58 bits per heavy atom. The van der Waals surface area contributed by atoms with Crippen LogP contribution in [0.25, 0.3) is 0 Å². The predicted octanol–water partition coefficient (Wildman–Crippen LogP) is 0.761. The predicted molar refractivity (Wildman–Crippen MR) is 69.8 cm³/mol. The van der Waals surface area contributed by atoms with Crippen LogP contribution < -0.4 is 10.6 Å². The summed E-state index contributed by atoms with van der Waals surface area (Å²) in [6.07, 6.45) is 1.05. The van der Waals surface area contributed by atoms with E-state index in [1.807, 2.05) is 0 Å². The van der Waals surface area contributed by atoms with Crippen LogP contribution >= 0.6 is 0 Å². The topological polar surface area (TPSA) is 118 Å². The van der Waals surface area contributed by atoms with Gasteiger partial charge in [-0.1, -0.05) is 12.1 Å². The minimum atomic E-state index is -3.16. The van der Waals surface area contributed by atoms with Gasteiger partial charge in [0.2, 0.25) is 0 Å². The number of sulfone groups is 1. The smallest absolute Gasteiger partial charge is 0.319 e. The molecule has 0 fully saturated rings. The number of anilines is 1. The highest BCUT2D eigenvalue weighted by Gasteiger charge is 2.14. The number of carbonyl (C=O) groups excluding carboxylic acids is 1. The van der Waals surface area contributed by atoms with E-state index in [9.17, 15) is 23.3 Å². The number of urea groups is 1. The van der Waals surface area contributed by atoms with Crippen molar-refractivity contribution in [2.45, 2.75) is 0 Å². The van der Waals surface area contributed by atoms with Gasteiger partial charge in [0.15, 0.2) is 0 Å². The first-order chi connectivity index (χ1) is 8.79. The molecule has 104 valence electrons. The number of rotatable bonds is 5. The van der Waals surface area contributed by atoms with E-state index in [0.29, 0.717) is 0 Å². The Morgan fingerprint density at radius 1 is 1.37 bits per heavy atom. The third-order valence-corrected chi connectivity index (χ3v) is 3.05. The monoisotopic (exact) mass is 287 g/mol. The second-order valence-corrected chi connectivity index (χ2v) is 6.04. The van der Waals surface area contributed by atoms with Crippen LogP contribution in [0.5, 0.6) is 0 Å². The largest absolute Gasteiger partial charge is 0.337 e. The van der Waals surface area contributed by atoms with E-state index in [4.69, 9.17) is 0 Å². The van der Waals surface area contributed by atoms with Gasteiger partial charge < -0.3 is 10.6 Å². The Kier molecular flexibility index (Phi) is 4.81. The molecule has 19 heavy (non-hydrogen) atoms. The van der Waals surface area contributed by atoms with Crippen LogP contribution in [-0.2, 0) is 9.84 Å². The molecule has 9 heteroatoms. The van der Waals surface area contributed by atoms with Crippen molar-refractivity contribution in [3.63, 3.8) is 0 Å². The van der Waals surface area contributed by atoms with Gasteiger partial charge in [-0.25, -0.2) is 13.2 Å². The van der Waals surface area contributed by atoms with Crippen molar-refractivity contribution >= 4 is 27.2 Å². The second kappa shape index (κ2) is 6.14. The summed E-state index contributed by atoms with van der Waals surface area (Å²) < 4.78 is 21.7. The molecule has 2 amide bonds. The minimum absolute atomic E-state index is 0.0457. The SMILES string of the molecule is CS(=O)(=O)CCNC(=O)Nc1ccccc1[N+](=O)[O-]. The van der Waals surface area contributed by atoms with Crippen LogP contribution in [-0.4, -0.2) is 37.9 Å². The first-order valence-corrected chi connectivity index (χ1v) is 7.31. The van der Waals surface area contributed by atoms with Gasteiger partial charge in [0, 0.05) is 18.9 Å². The van der Waals surface area contributed by atoms with Gasteiger partial charge in [-0.3, -0.25) is 10.1 Å². The molecule has 0 saturated carbocycles. The molecule has 2 N–H and O–H groups in total. The highest BCUT2D eigenvalue weighted by Crippen LogP contribution is 2.22. The summed E-state index contributed by atoms with van der Waals surface area (Å²) in [5.41, 5.74) is -0.190. The fraction of sp³-hybridized carbons (Fsp3) is 0.300. The van der Waals surface area contributed by atoms with Gasteiger partial charge in [0.05, 0.1) is 10.7 Å². The van der Waals surface area contributed by atoms with E-state index in [1.54, 1.807) is 6.07 Å². The first kappa shape index (κ1) is 14.9. The highest BCUT2D eigenvalue weighted by molar-refractivity contribution is 7.90. The molecule has 1 aromatic carbocycles. The zero-order valence-corrected chi connectivity index (χ0v) is 10.9. The normalized spacial score (nSPS) is 10.8. The van der Waals surface area contributed by atoms with E-state index in [1.165, 1.54) is 18.2 Å². The quantitative estimate of drug-likeness (QED) is 0.612. The van der Waals surface area contributed by atoms with Crippen molar-refractivity contribution in [3.05, 3.63) is 34.4 Å². The van der Waals surface area contributed by atoms with Crippen molar-refractivity contribution in [1.29, 1.82) is 0 Å². The molecular formula is C10H13N3O5S. The molecule has 0 heterocycles. The number of nitro groups is 1. The maximum atomic E-state index is 11.4. The summed E-state index contributed by atoms with van der Waals surface area (Å²) in [4.78, 5) is 21.5. The van der Waals surface area contributed by atoms with E-state index >= 15 is 0 Å². The number of carbonyl (C=O) groups is 1. The molecule has 1 aromatic rings. The standard InChI is InChI=1S/C10H13N3O5S/c1-19(17,18)7-6-11-10(14)12-8-4-2-3-5-9(8)13(15)16/h2-5H,6-7H2,1H3,(H2,11,12,14). The molecule has 0 radical (unpaired) electrons. The molecule has 0 saturated heterocycles. The maximum absolute atomic E-state index is 11.4. The lowest BCUT2D eigenvalue weighted by atomic mass is 10.3. The maximum Gasteiger partial charge on any atom is 0.319 e. The number of nitrogens with one attached hydrogen (secondary N) is 2. The van der Waals surface area contributed by atoms with Gasteiger partial charge in [0.25, 0.3) is 5.69 Å². The fourth-order valence-electron chi connectivity index (χ4n) is 1.26. The summed E-state index contributed by atoms with van der Waals surface area (Å²) in [5, 5.41) is 15.3. The van der Waals surface area contributed by atoms with E-state index in [2.05, 4.69) is 10.6 Å². The molecule has 1 rings (SSSR count).